The van der Waals surface area contributed by atoms with Gasteiger partial charge in [-0.1, -0.05) is 147 Å². The van der Waals surface area contributed by atoms with Crippen molar-refractivity contribution in [1.82, 2.24) is 0 Å². The van der Waals surface area contributed by atoms with Crippen LogP contribution in [0, 0.1) is 11.8 Å². The van der Waals surface area contributed by atoms with Crippen LogP contribution in [0.1, 0.15) is 89.5 Å². The number of nitrogens with zero attached hydrogens (tertiary/aromatic N) is 2. The summed E-state index contributed by atoms with van der Waals surface area (Å²) in [6.07, 6.45) is 10.5. The third-order valence-corrected chi connectivity index (χ3v) is 14.7. The molecule has 240 valence electrons. The number of anilines is 2. The Labute approximate surface area is 269 Å². The zero-order valence-corrected chi connectivity index (χ0v) is 32.4. The number of fused-ring (bicyclic) bond motifs is 2. The number of hydrogen-bond donors (Lipinski definition) is 0. The summed E-state index contributed by atoms with van der Waals surface area (Å²) in [4.78, 5) is 4.31. The summed E-state index contributed by atoms with van der Waals surface area (Å²) in [6, 6.07) is 18.2. The Morgan fingerprint density at radius 3 is 0.814 bits per heavy atom. The molecule has 0 heterocycles. The summed E-state index contributed by atoms with van der Waals surface area (Å²) in [5.74, 6) is 1.62. The van der Waals surface area contributed by atoms with Crippen LogP contribution in [0.4, 0.5) is 11.4 Å². The maximum absolute atomic E-state index is 2.36. The Hall–Kier alpha value is -1.62. The van der Waals surface area contributed by atoms with Crippen molar-refractivity contribution in [3.63, 3.8) is 0 Å². The molecule has 2 aromatic carbocycles. The van der Waals surface area contributed by atoms with Gasteiger partial charge in [0, 0.05) is 39.6 Å². The summed E-state index contributed by atoms with van der Waals surface area (Å²) in [6.45, 7) is 28.4. The Balaban J connectivity index is 0.000000244. The summed E-state index contributed by atoms with van der Waals surface area (Å²) < 4.78 is 0. The standard InChI is InChI=1S/2C16H28NP.C7H8/c2*1-15(2,3)18(16(4,5)6)14-11-9-13(10-12-14)17(7)8;1-2-7-4-3-6(1)5-7/h2*9-12H,1-8H3;1-4,6-7H,5H2. The normalized spacial score (nSPS) is 17.9. The van der Waals surface area contributed by atoms with E-state index in [0.717, 1.165) is 11.8 Å². The molecule has 0 aromatic heterocycles. The van der Waals surface area contributed by atoms with Crippen LogP contribution >= 0.6 is 15.8 Å². The predicted molar refractivity (Wildman–Crippen MR) is 204 cm³/mol. The Morgan fingerprint density at radius 2 is 0.674 bits per heavy atom. The van der Waals surface area contributed by atoms with Gasteiger partial charge >= 0.3 is 0 Å². The third-order valence-electron chi connectivity index (χ3n) is 7.69. The highest BCUT2D eigenvalue weighted by Gasteiger charge is 2.36. The molecule has 4 heteroatoms. The molecule has 0 saturated carbocycles. The number of rotatable bonds is 4. The fourth-order valence-electron chi connectivity index (χ4n) is 6.69. The molecule has 0 fully saturated rings. The van der Waals surface area contributed by atoms with Crippen molar-refractivity contribution in [2.24, 2.45) is 11.8 Å². The van der Waals surface area contributed by atoms with Gasteiger partial charge in [-0.2, -0.15) is 0 Å². The lowest BCUT2D eigenvalue weighted by Gasteiger charge is -2.42. The molecule has 43 heavy (non-hydrogen) atoms. The van der Waals surface area contributed by atoms with E-state index in [1.807, 2.05) is 0 Å². The Morgan fingerprint density at radius 1 is 0.442 bits per heavy atom. The van der Waals surface area contributed by atoms with E-state index < -0.39 is 0 Å². The molecule has 0 spiro atoms. The van der Waals surface area contributed by atoms with Gasteiger partial charge in [-0.3, -0.25) is 0 Å². The van der Waals surface area contributed by atoms with Crippen molar-refractivity contribution in [3.05, 3.63) is 72.8 Å². The van der Waals surface area contributed by atoms with Gasteiger partial charge in [0.2, 0.25) is 0 Å². The zero-order chi connectivity index (χ0) is 33.0. The van der Waals surface area contributed by atoms with Crippen molar-refractivity contribution < 1.29 is 0 Å². The molecule has 2 aliphatic carbocycles. The van der Waals surface area contributed by atoms with E-state index in [1.54, 1.807) is 0 Å². The first-order valence-corrected chi connectivity index (χ1v) is 18.7. The molecule has 0 amide bonds. The summed E-state index contributed by atoms with van der Waals surface area (Å²) in [5, 5.41) is 4.38. The zero-order valence-electron chi connectivity index (χ0n) is 30.6. The maximum atomic E-state index is 2.36. The Kier molecular flexibility index (Phi) is 12.8. The largest absolute Gasteiger partial charge is 0.378 e. The topological polar surface area (TPSA) is 6.48 Å². The molecule has 4 rings (SSSR count). The van der Waals surface area contributed by atoms with Crippen molar-refractivity contribution in [1.29, 1.82) is 0 Å². The van der Waals surface area contributed by atoms with E-state index >= 15 is 0 Å². The Bertz CT molecular complexity index is 1040. The molecule has 2 nitrogen and oxygen atoms in total. The lowest BCUT2D eigenvalue weighted by molar-refractivity contribution is 0.714. The fourth-order valence-corrected chi connectivity index (χ4v) is 14.7. The van der Waals surface area contributed by atoms with Gasteiger partial charge in [0.15, 0.2) is 0 Å². The molecule has 0 radical (unpaired) electrons. The highest BCUT2D eigenvalue weighted by Crippen LogP contribution is 2.59. The number of allylic oxidation sites excluding steroid dienone is 4. The van der Waals surface area contributed by atoms with Crippen LogP contribution < -0.4 is 20.4 Å². The molecule has 0 unspecified atom stereocenters. The lowest BCUT2D eigenvalue weighted by Crippen LogP contribution is -2.31. The smallest absolute Gasteiger partial charge is 0.0361 e. The molecule has 2 aliphatic rings. The third kappa shape index (κ3) is 11.4. The minimum absolute atomic E-state index is 0.188. The van der Waals surface area contributed by atoms with Crippen LogP contribution in [0.3, 0.4) is 0 Å². The van der Waals surface area contributed by atoms with Crippen molar-refractivity contribution in [3.8, 4) is 0 Å². The fraction of sp³-hybridized carbons (Fsp3) is 0.590. The molecule has 0 saturated heterocycles. The van der Waals surface area contributed by atoms with Gasteiger partial charge < -0.3 is 9.80 Å². The minimum atomic E-state index is -0.188. The average molecular weight is 623 g/mol. The van der Waals surface area contributed by atoms with Crippen LogP contribution in [-0.4, -0.2) is 48.8 Å². The highest BCUT2D eigenvalue weighted by molar-refractivity contribution is 7.68. The number of hydrogen-bond acceptors (Lipinski definition) is 2. The van der Waals surface area contributed by atoms with Crippen molar-refractivity contribution >= 4 is 37.8 Å². The first kappa shape index (κ1) is 37.6. The average Bonchev–Trinajstić information content (AvgIpc) is 3.48. The second-order valence-electron chi connectivity index (χ2n) is 16.5. The van der Waals surface area contributed by atoms with Gasteiger partial charge in [-0.25, -0.2) is 0 Å². The molecule has 0 aliphatic heterocycles. The SMILES string of the molecule is C1=CC2C=CC1C2.CN(C)c1ccc(P(C(C)(C)C)C(C)(C)C)cc1.CN(C)c1ccc(P(C(C)(C)C)C(C)(C)C)cc1. The number of benzene rings is 2. The van der Waals surface area contributed by atoms with E-state index in [9.17, 15) is 0 Å². The summed E-state index contributed by atoms with van der Waals surface area (Å²) in [5.41, 5.74) is 2.55. The first-order chi connectivity index (χ1) is 19.5. The molecule has 2 bridgehead atoms. The van der Waals surface area contributed by atoms with Crippen LogP contribution in [0.5, 0.6) is 0 Å². The molecule has 0 atom stereocenters. The van der Waals surface area contributed by atoms with Crippen LogP contribution in [0.2, 0.25) is 0 Å². The van der Waals surface area contributed by atoms with E-state index in [0.29, 0.717) is 20.6 Å². The van der Waals surface area contributed by atoms with E-state index in [4.69, 9.17) is 0 Å². The molecule has 2 aromatic rings. The molecule has 0 N–H and O–H groups in total. The van der Waals surface area contributed by atoms with Gasteiger partial charge in [0.25, 0.3) is 0 Å². The van der Waals surface area contributed by atoms with Crippen LogP contribution in [0.15, 0.2) is 72.8 Å². The van der Waals surface area contributed by atoms with Crippen LogP contribution in [0.25, 0.3) is 0 Å². The predicted octanol–water partition coefficient (Wildman–Crippen LogP) is 10.7. The monoisotopic (exact) mass is 622 g/mol. The van der Waals surface area contributed by atoms with Crippen LogP contribution in [-0.2, 0) is 0 Å². The lowest BCUT2D eigenvalue weighted by atomic mass is 10.2. The van der Waals surface area contributed by atoms with Gasteiger partial charge in [0.05, 0.1) is 0 Å². The first-order valence-electron chi connectivity index (χ1n) is 16.0. The van der Waals surface area contributed by atoms with Crippen molar-refractivity contribution in [2.75, 3.05) is 38.0 Å². The molecular formula is C39H64N2P2. The van der Waals surface area contributed by atoms with Gasteiger partial charge in [-0.05, 0) is 73.8 Å². The van der Waals surface area contributed by atoms with E-state index in [1.165, 1.54) is 28.4 Å². The molecular weight excluding hydrogens is 558 g/mol. The maximum Gasteiger partial charge on any atom is 0.0361 e. The highest BCUT2D eigenvalue weighted by atomic mass is 31.1. The second kappa shape index (κ2) is 14.6. The van der Waals surface area contributed by atoms with E-state index in [-0.39, 0.29) is 15.8 Å². The van der Waals surface area contributed by atoms with Gasteiger partial charge in [-0.15, -0.1) is 0 Å². The van der Waals surface area contributed by atoms with E-state index in [2.05, 4.69) is 194 Å². The van der Waals surface area contributed by atoms with Gasteiger partial charge in [0.1, 0.15) is 0 Å². The second-order valence-corrected chi connectivity index (χ2v) is 24.2. The minimum Gasteiger partial charge on any atom is -0.378 e. The van der Waals surface area contributed by atoms with Crippen molar-refractivity contribution in [2.45, 2.75) is 110 Å². The summed E-state index contributed by atoms with van der Waals surface area (Å²) >= 11 is 0. The summed E-state index contributed by atoms with van der Waals surface area (Å²) in [7, 11) is 7.98. The quantitative estimate of drug-likeness (QED) is 0.247.